The average Bonchev–Trinajstić information content (AvgIpc) is 2.35. The predicted octanol–water partition coefficient (Wildman–Crippen LogP) is 3.60. The van der Waals surface area contributed by atoms with Crippen LogP contribution in [0.25, 0.3) is 0 Å². The van der Waals surface area contributed by atoms with Crippen molar-refractivity contribution < 1.29 is 0 Å². The molecule has 2 rings (SSSR count). The molecule has 0 nitrogen and oxygen atoms in total. The van der Waals surface area contributed by atoms with Crippen molar-refractivity contribution in [2.24, 2.45) is 0 Å². The number of rotatable bonds is 0. The minimum absolute atomic E-state index is 1.21. The summed E-state index contributed by atoms with van der Waals surface area (Å²) in [5.41, 5.74) is 3.34. The maximum atomic E-state index is 2.42. The summed E-state index contributed by atoms with van der Waals surface area (Å²) in [6, 6.07) is 0. The highest BCUT2D eigenvalue weighted by molar-refractivity contribution is 5.37. The first-order valence-electron chi connectivity index (χ1n) is 4.85. The summed E-state index contributed by atoms with van der Waals surface area (Å²) < 4.78 is 0. The van der Waals surface area contributed by atoms with Gasteiger partial charge in [-0.25, -0.2) is 0 Å². The van der Waals surface area contributed by atoms with Crippen LogP contribution in [-0.4, -0.2) is 0 Å². The Balaban J connectivity index is 2.06. The SMILES string of the molecule is C1=C2CCCCCCC2=CC1. The van der Waals surface area contributed by atoms with Gasteiger partial charge in [0, 0.05) is 0 Å². The second kappa shape index (κ2) is 3.25. The van der Waals surface area contributed by atoms with Crippen molar-refractivity contribution in [2.75, 3.05) is 0 Å². The van der Waals surface area contributed by atoms with E-state index in [0.29, 0.717) is 0 Å². The fourth-order valence-electron chi connectivity index (χ4n) is 2.12. The Morgan fingerprint density at radius 3 is 1.82 bits per heavy atom. The number of allylic oxidation sites excluding steroid dienone is 4. The van der Waals surface area contributed by atoms with Crippen molar-refractivity contribution in [3.05, 3.63) is 23.3 Å². The van der Waals surface area contributed by atoms with Crippen LogP contribution in [0, 0.1) is 0 Å². The summed E-state index contributed by atoms with van der Waals surface area (Å²) >= 11 is 0. The summed E-state index contributed by atoms with van der Waals surface area (Å²) in [5.74, 6) is 0. The van der Waals surface area contributed by atoms with Crippen LogP contribution in [0.3, 0.4) is 0 Å². The van der Waals surface area contributed by atoms with Gasteiger partial charge in [0.2, 0.25) is 0 Å². The Morgan fingerprint density at radius 1 is 0.727 bits per heavy atom. The van der Waals surface area contributed by atoms with Crippen LogP contribution in [-0.2, 0) is 0 Å². The van der Waals surface area contributed by atoms with Crippen molar-refractivity contribution in [3.63, 3.8) is 0 Å². The topological polar surface area (TPSA) is 0 Å². The van der Waals surface area contributed by atoms with Crippen LogP contribution < -0.4 is 0 Å². The van der Waals surface area contributed by atoms with Crippen molar-refractivity contribution in [1.82, 2.24) is 0 Å². The Hall–Kier alpha value is -0.520. The zero-order chi connectivity index (χ0) is 7.52. The van der Waals surface area contributed by atoms with Gasteiger partial charge in [0.05, 0.1) is 0 Å². The normalized spacial score (nSPS) is 24.7. The molecule has 0 spiro atoms. The molecule has 0 atom stereocenters. The predicted molar refractivity (Wildman–Crippen MR) is 48.5 cm³/mol. The van der Waals surface area contributed by atoms with E-state index in [-0.39, 0.29) is 0 Å². The Kier molecular flexibility index (Phi) is 2.11. The minimum Gasteiger partial charge on any atom is -0.0772 e. The van der Waals surface area contributed by atoms with Gasteiger partial charge >= 0.3 is 0 Å². The van der Waals surface area contributed by atoms with Crippen LogP contribution in [0.5, 0.6) is 0 Å². The molecule has 11 heavy (non-hydrogen) atoms. The Labute approximate surface area is 69.0 Å². The van der Waals surface area contributed by atoms with E-state index in [2.05, 4.69) is 12.2 Å². The van der Waals surface area contributed by atoms with Crippen molar-refractivity contribution in [2.45, 2.75) is 44.9 Å². The fourth-order valence-corrected chi connectivity index (χ4v) is 2.12. The highest BCUT2D eigenvalue weighted by atomic mass is 14.2. The number of hydrogen-bond donors (Lipinski definition) is 0. The quantitative estimate of drug-likeness (QED) is 0.492. The van der Waals surface area contributed by atoms with Gasteiger partial charge in [0.25, 0.3) is 0 Å². The maximum Gasteiger partial charge on any atom is -0.0157 e. The molecule has 2 aliphatic carbocycles. The summed E-state index contributed by atoms with van der Waals surface area (Å²) in [7, 11) is 0. The lowest BCUT2D eigenvalue weighted by Crippen LogP contribution is -1.92. The van der Waals surface area contributed by atoms with E-state index in [9.17, 15) is 0 Å². The van der Waals surface area contributed by atoms with Gasteiger partial charge in [0.15, 0.2) is 0 Å². The largest absolute Gasteiger partial charge is 0.0772 e. The van der Waals surface area contributed by atoms with E-state index in [1.165, 1.54) is 44.9 Å². The molecule has 0 heterocycles. The van der Waals surface area contributed by atoms with Crippen LogP contribution in [0.15, 0.2) is 23.3 Å². The molecule has 0 aromatic rings. The molecule has 1 saturated carbocycles. The first kappa shape index (κ1) is 7.15. The van der Waals surface area contributed by atoms with Crippen molar-refractivity contribution in [3.8, 4) is 0 Å². The minimum atomic E-state index is 1.21. The molecule has 0 heteroatoms. The first-order chi connectivity index (χ1) is 5.47. The molecule has 0 aromatic carbocycles. The lowest BCUT2D eigenvalue weighted by molar-refractivity contribution is 0.615. The van der Waals surface area contributed by atoms with Crippen LogP contribution in [0.4, 0.5) is 0 Å². The second-order valence-corrected chi connectivity index (χ2v) is 3.61. The highest BCUT2D eigenvalue weighted by Gasteiger charge is 2.11. The maximum absolute atomic E-state index is 2.42. The van der Waals surface area contributed by atoms with Crippen molar-refractivity contribution in [1.29, 1.82) is 0 Å². The molecule has 1 fully saturated rings. The monoisotopic (exact) mass is 148 g/mol. The average molecular weight is 148 g/mol. The summed E-state index contributed by atoms with van der Waals surface area (Å²) in [4.78, 5) is 0. The molecule has 0 aliphatic heterocycles. The molecule has 60 valence electrons. The van der Waals surface area contributed by atoms with Gasteiger partial charge < -0.3 is 0 Å². The van der Waals surface area contributed by atoms with Gasteiger partial charge in [-0.05, 0) is 43.3 Å². The Morgan fingerprint density at radius 2 is 1.27 bits per heavy atom. The van der Waals surface area contributed by atoms with Crippen molar-refractivity contribution >= 4 is 0 Å². The molecular weight excluding hydrogens is 132 g/mol. The van der Waals surface area contributed by atoms with Gasteiger partial charge in [-0.3, -0.25) is 0 Å². The molecule has 0 aromatic heterocycles. The van der Waals surface area contributed by atoms with E-state index in [1.807, 2.05) is 0 Å². The summed E-state index contributed by atoms with van der Waals surface area (Å²) in [5, 5.41) is 0. The first-order valence-corrected chi connectivity index (χ1v) is 4.85. The van der Waals surface area contributed by atoms with E-state index in [0.717, 1.165) is 0 Å². The lowest BCUT2D eigenvalue weighted by Gasteiger charge is -2.12. The van der Waals surface area contributed by atoms with E-state index in [4.69, 9.17) is 0 Å². The van der Waals surface area contributed by atoms with E-state index in [1.54, 1.807) is 11.1 Å². The molecular formula is C11H16. The van der Waals surface area contributed by atoms with Crippen LogP contribution >= 0.6 is 0 Å². The molecule has 0 amide bonds. The zero-order valence-electron chi connectivity index (χ0n) is 7.10. The van der Waals surface area contributed by atoms with E-state index < -0.39 is 0 Å². The third-order valence-corrected chi connectivity index (χ3v) is 2.78. The molecule has 0 bridgehead atoms. The third-order valence-electron chi connectivity index (χ3n) is 2.78. The van der Waals surface area contributed by atoms with Gasteiger partial charge in [-0.1, -0.05) is 25.0 Å². The number of fused-ring (bicyclic) bond motifs is 1. The van der Waals surface area contributed by atoms with Crippen LogP contribution in [0.1, 0.15) is 44.9 Å². The molecule has 0 unspecified atom stereocenters. The number of hydrogen-bond acceptors (Lipinski definition) is 0. The van der Waals surface area contributed by atoms with Gasteiger partial charge in [-0.15, -0.1) is 0 Å². The van der Waals surface area contributed by atoms with E-state index >= 15 is 0 Å². The summed E-state index contributed by atoms with van der Waals surface area (Å²) in [6.45, 7) is 0. The lowest BCUT2D eigenvalue weighted by atomic mass is 9.94. The molecule has 2 aliphatic rings. The van der Waals surface area contributed by atoms with Gasteiger partial charge in [0.1, 0.15) is 0 Å². The molecule has 0 N–H and O–H groups in total. The molecule has 0 saturated heterocycles. The second-order valence-electron chi connectivity index (χ2n) is 3.61. The summed E-state index contributed by atoms with van der Waals surface area (Å²) in [6.07, 6.45) is 14.5. The smallest absolute Gasteiger partial charge is 0.0157 e. The van der Waals surface area contributed by atoms with Gasteiger partial charge in [-0.2, -0.15) is 0 Å². The third kappa shape index (κ3) is 1.55. The standard InChI is InChI=1S/C11H16/c1-2-4-7-11-9-5-8-10(11)6-3-1/h8-9H,1-7H2. The fraction of sp³-hybridized carbons (Fsp3) is 0.636. The molecule has 0 radical (unpaired) electrons. The zero-order valence-corrected chi connectivity index (χ0v) is 7.10. The van der Waals surface area contributed by atoms with Crippen LogP contribution in [0.2, 0.25) is 0 Å². The Bertz CT molecular complexity index is 174. The highest BCUT2D eigenvalue weighted by Crippen LogP contribution is 2.30.